The minimum absolute atomic E-state index is 0.231. The number of thiophene rings is 1. The van der Waals surface area contributed by atoms with Gasteiger partial charge in [0.15, 0.2) is 15.6 Å². The van der Waals surface area contributed by atoms with Gasteiger partial charge in [0.05, 0.1) is 14.4 Å². The summed E-state index contributed by atoms with van der Waals surface area (Å²) in [5.74, 6) is -1.14. The van der Waals surface area contributed by atoms with Crippen LogP contribution in [0, 0.1) is 0 Å². The molecule has 0 amide bonds. The van der Waals surface area contributed by atoms with E-state index in [0.29, 0.717) is 15.5 Å². The van der Waals surface area contributed by atoms with E-state index in [1.165, 1.54) is 11.3 Å². The number of Topliss-reactive ketones (excluding diaryl/α,β-unsaturated/α-hetero) is 1. The summed E-state index contributed by atoms with van der Waals surface area (Å²) in [7, 11) is -3.54. The molecule has 7 heteroatoms. The number of hydrogen-bond donors (Lipinski definition) is 0. The van der Waals surface area contributed by atoms with E-state index in [1.54, 1.807) is 36.4 Å². The number of carbonyl (C=O) groups is 1. The van der Waals surface area contributed by atoms with Crippen LogP contribution in [-0.2, 0) is 15.6 Å². The molecule has 3 nitrogen and oxygen atoms in total. The second kappa shape index (κ2) is 6.39. The van der Waals surface area contributed by atoms with Crippen molar-refractivity contribution in [1.29, 1.82) is 0 Å². The molecule has 0 saturated carbocycles. The van der Waals surface area contributed by atoms with Crippen molar-refractivity contribution in [3.05, 3.63) is 55.6 Å². The molecule has 0 radical (unpaired) electrons. The third kappa shape index (κ3) is 4.15. The topological polar surface area (TPSA) is 51.2 Å². The predicted molar refractivity (Wildman–Crippen MR) is 85.3 cm³/mol. The van der Waals surface area contributed by atoms with E-state index in [0.717, 1.165) is 3.79 Å². The molecule has 0 spiro atoms. The molecule has 0 aliphatic rings. The van der Waals surface area contributed by atoms with Crippen LogP contribution in [0.5, 0.6) is 0 Å². The molecule has 0 N–H and O–H groups in total. The maximum Gasteiger partial charge on any atom is 0.187 e. The zero-order valence-electron chi connectivity index (χ0n) is 10.2. The van der Waals surface area contributed by atoms with Gasteiger partial charge in [0.2, 0.25) is 0 Å². The van der Waals surface area contributed by atoms with Crippen molar-refractivity contribution in [1.82, 2.24) is 0 Å². The summed E-state index contributed by atoms with van der Waals surface area (Å²) in [4.78, 5) is 12.4. The fraction of sp³-hybridized carbons (Fsp3) is 0.154. The lowest BCUT2D eigenvalue weighted by Crippen LogP contribution is -2.17. The number of carbonyl (C=O) groups excluding carboxylic acids is 1. The van der Waals surface area contributed by atoms with E-state index in [9.17, 15) is 13.2 Å². The van der Waals surface area contributed by atoms with Crippen molar-refractivity contribution in [3.8, 4) is 0 Å². The van der Waals surface area contributed by atoms with E-state index in [4.69, 9.17) is 11.6 Å². The van der Waals surface area contributed by atoms with Crippen molar-refractivity contribution in [2.75, 3.05) is 5.75 Å². The standard InChI is InChI=1S/C13H10BrClO3S2/c14-13-6-5-12(19-13)11(16)8-20(17,18)7-9-3-1-2-4-10(9)15/h1-6H,7-8H2. The molecule has 2 rings (SSSR count). The molecule has 106 valence electrons. The lowest BCUT2D eigenvalue weighted by Gasteiger charge is -2.05. The first-order chi connectivity index (χ1) is 9.37. The van der Waals surface area contributed by atoms with Crippen LogP contribution < -0.4 is 0 Å². The fourth-order valence-electron chi connectivity index (χ4n) is 1.64. The van der Waals surface area contributed by atoms with Gasteiger partial charge in [-0.05, 0) is 39.7 Å². The summed E-state index contributed by atoms with van der Waals surface area (Å²) in [5.41, 5.74) is 0.509. The Hall–Kier alpha value is -0.690. The van der Waals surface area contributed by atoms with Gasteiger partial charge in [-0.15, -0.1) is 11.3 Å². The second-order valence-electron chi connectivity index (χ2n) is 4.15. The fourth-order valence-corrected chi connectivity index (χ4v) is 4.72. The van der Waals surface area contributed by atoms with Gasteiger partial charge in [0.25, 0.3) is 0 Å². The zero-order chi connectivity index (χ0) is 14.8. The predicted octanol–water partition coefficient (Wildman–Crippen LogP) is 3.96. The lowest BCUT2D eigenvalue weighted by atomic mass is 10.2. The van der Waals surface area contributed by atoms with Gasteiger partial charge in [0, 0.05) is 5.02 Å². The number of halogens is 2. The molecular weight excluding hydrogens is 384 g/mol. The quantitative estimate of drug-likeness (QED) is 0.722. The molecule has 0 aliphatic carbocycles. The summed E-state index contributed by atoms with van der Waals surface area (Å²) in [6.45, 7) is 0. The third-order valence-corrected chi connectivity index (χ3v) is 6.02. The molecule has 0 aliphatic heterocycles. The molecule has 0 bridgehead atoms. The molecule has 0 unspecified atom stereocenters. The maximum atomic E-state index is 12.1. The lowest BCUT2D eigenvalue weighted by molar-refractivity contribution is 0.102. The minimum Gasteiger partial charge on any atom is -0.292 e. The minimum atomic E-state index is -3.54. The maximum absolute atomic E-state index is 12.1. The SMILES string of the molecule is O=C(CS(=O)(=O)Cc1ccccc1Cl)c1ccc(Br)s1. The smallest absolute Gasteiger partial charge is 0.187 e. The molecular formula is C13H10BrClO3S2. The van der Waals surface area contributed by atoms with Crippen LogP contribution in [-0.4, -0.2) is 20.0 Å². The first kappa shape index (κ1) is 15.7. The highest BCUT2D eigenvalue weighted by Crippen LogP contribution is 2.23. The Balaban J connectivity index is 2.12. The summed E-state index contributed by atoms with van der Waals surface area (Å²) >= 11 is 10.4. The van der Waals surface area contributed by atoms with Crippen LogP contribution in [0.4, 0.5) is 0 Å². The number of benzene rings is 1. The van der Waals surface area contributed by atoms with E-state index in [1.807, 2.05) is 0 Å². The molecule has 0 atom stereocenters. The van der Waals surface area contributed by atoms with Crippen LogP contribution in [0.15, 0.2) is 40.2 Å². The zero-order valence-corrected chi connectivity index (χ0v) is 14.2. The third-order valence-electron chi connectivity index (χ3n) is 2.53. The summed E-state index contributed by atoms with van der Waals surface area (Å²) in [6, 6.07) is 10.1. The molecule has 20 heavy (non-hydrogen) atoms. The van der Waals surface area contributed by atoms with Gasteiger partial charge < -0.3 is 0 Å². The van der Waals surface area contributed by atoms with Crippen LogP contribution in [0.2, 0.25) is 5.02 Å². The van der Waals surface area contributed by atoms with Crippen molar-refractivity contribution in [3.63, 3.8) is 0 Å². The van der Waals surface area contributed by atoms with Gasteiger partial charge in [-0.3, -0.25) is 4.79 Å². The monoisotopic (exact) mass is 392 g/mol. The van der Waals surface area contributed by atoms with Crippen LogP contribution in [0.3, 0.4) is 0 Å². The van der Waals surface area contributed by atoms with Crippen molar-refractivity contribution in [2.24, 2.45) is 0 Å². The highest BCUT2D eigenvalue weighted by atomic mass is 79.9. The second-order valence-corrected chi connectivity index (χ2v) is 9.09. The van der Waals surface area contributed by atoms with E-state index < -0.39 is 21.4 Å². The average molecular weight is 394 g/mol. The van der Waals surface area contributed by atoms with Crippen LogP contribution in [0.25, 0.3) is 0 Å². The Morgan fingerprint density at radius 2 is 1.90 bits per heavy atom. The van der Waals surface area contributed by atoms with Crippen molar-refractivity contribution < 1.29 is 13.2 Å². The van der Waals surface area contributed by atoms with E-state index in [2.05, 4.69) is 15.9 Å². The van der Waals surface area contributed by atoms with E-state index >= 15 is 0 Å². The summed E-state index contributed by atoms with van der Waals surface area (Å²) in [5, 5.41) is 0.391. The first-order valence-corrected chi connectivity index (χ1v) is 9.40. The molecule has 0 saturated heterocycles. The number of hydrogen-bond acceptors (Lipinski definition) is 4. The van der Waals surface area contributed by atoms with Gasteiger partial charge in [-0.1, -0.05) is 29.8 Å². The number of rotatable bonds is 5. The van der Waals surface area contributed by atoms with Gasteiger partial charge >= 0.3 is 0 Å². The van der Waals surface area contributed by atoms with E-state index in [-0.39, 0.29) is 5.75 Å². The van der Waals surface area contributed by atoms with Crippen LogP contribution in [0.1, 0.15) is 15.2 Å². The molecule has 1 heterocycles. The Morgan fingerprint density at radius 1 is 1.20 bits per heavy atom. The Kier molecular flexibility index (Phi) is 5.01. The number of ketones is 1. The largest absolute Gasteiger partial charge is 0.292 e. The highest BCUT2D eigenvalue weighted by Gasteiger charge is 2.20. The van der Waals surface area contributed by atoms with Crippen molar-refractivity contribution >= 4 is 54.5 Å². The Labute approximate surface area is 134 Å². The Bertz CT molecular complexity index is 738. The molecule has 1 aromatic heterocycles. The first-order valence-electron chi connectivity index (χ1n) is 5.60. The van der Waals surface area contributed by atoms with Crippen LogP contribution >= 0.6 is 38.9 Å². The Morgan fingerprint density at radius 3 is 2.50 bits per heavy atom. The van der Waals surface area contributed by atoms with Gasteiger partial charge in [-0.2, -0.15) is 0 Å². The summed E-state index contributed by atoms with van der Waals surface area (Å²) in [6.07, 6.45) is 0. The number of sulfone groups is 1. The van der Waals surface area contributed by atoms with Gasteiger partial charge in [0.1, 0.15) is 5.75 Å². The normalized spacial score (nSPS) is 11.5. The molecule has 1 aromatic carbocycles. The van der Waals surface area contributed by atoms with Gasteiger partial charge in [-0.25, -0.2) is 8.42 Å². The highest BCUT2D eigenvalue weighted by molar-refractivity contribution is 9.11. The summed E-state index contributed by atoms with van der Waals surface area (Å²) < 4.78 is 24.9. The molecule has 0 fully saturated rings. The average Bonchev–Trinajstić information content (AvgIpc) is 2.78. The van der Waals surface area contributed by atoms with Crippen molar-refractivity contribution in [2.45, 2.75) is 5.75 Å². The molecule has 2 aromatic rings.